The number of rotatable bonds is 6. The molecular formula is C57H40N2S. The van der Waals surface area contributed by atoms with Crippen molar-refractivity contribution in [3.05, 3.63) is 217 Å². The molecule has 0 amide bonds. The molecule has 0 fully saturated rings. The Kier molecular flexibility index (Phi) is 7.79. The minimum absolute atomic E-state index is 0.103. The Hall–Kier alpha value is -7.20. The van der Waals surface area contributed by atoms with Gasteiger partial charge in [-0.2, -0.15) is 0 Å². The Bertz CT molecular complexity index is 3440. The first-order valence-corrected chi connectivity index (χ1v) is 21.6. The molecule has 0 bridgehead atoms. The number of nitrogens with zero attached hydrogens (tertiary/aromatic N) is 2. The maximum atomic E-state index is 2.47. The predicted octanol–water partition coefficient (Wildman–Crippen LogP) is 16.3. The molecule has 2 aromatic heterocycles. The first-order chi connectivity index (χ1) is 29.5. The van der Waals surface area contributed by atoms with Gasteiger partial charge in [0.15, 0.2) is 0 Å². The van der Waals surface area contributed by atoms with E-state index in [0.717, 1.165) is 11.4 Å². The first-order valence-electron chi connectivity index (χ1n) is 20.8. The van der Waals surface area contributed by atoms with Gasteiger partial charge < -0.3 is 9.47 Å². The van der Waals surface area contributed by atoms with Crippen LogP contribution in [-0.4, -0.2) is 4.57 Å². The monoisotopic (exact) mass is 784 g/mol. The van der Waals surface area contributed by atoms with Crippen LogP contribution >= 0.6 is 11.3 Å². The lowest BCUT2D eigenvalue weighted by Crippen LogP contribution is -2.16. The fourth-order valence-corrected chi connectivity index (χ4v) is 11.0. The molecule has 60 heavy (non-hydrogen) atoms. The number of aromatic nitrogens is 1. The highest BCUT2D eigenvalue weighted by Gasteiger charge is 2.36. The van der Waals surface area contributed by atoms with Crippen molar-refractivity contribution in [3.8, 4) is 39.1 Å². The van der Waals surface area contributed by atoms with Crippen LogP contribution in [0.1, 0.15) is 25.0 Å². The summed E-state index contributed by atoms with van der Waals surface area (Å²) < 4.78 is 5.00. The van der Waals surface area contributed by atoms with Gasteiger partial charge in [0, 0.05) is 48.7 Å². The highest BCUT2D eigenvalue weighted by molar-refractivity contribution is 7.26. The van der Waals surface area contributed by atoms with Gasteiger partial charge in [0.05, 0.1) is 21.4 Å². The Morgan fingerprint density at radius 2 is 1.03 bits per heavy atom. The summed E-state index contributed by atoms with van der Waals surface area (Å²) in [6.45, 7) is 4.73. The largest absolute Gasteiger partial charge is 0.309 e. The molecule has 0 spiro atoms. The average Bonchev–Trinajstić information content (AvgIpc) is 3.93. The molecule has 1 aliphatic carbocycles. The van der Waals surface area contributed by atoms with Gasteiger partial charge in [0.2, 0.25) is 0 Å². The molecule has 11 aromatic rings. The maximum absolute atomic E-state index is 2.47. The molecular weight excluding hydrogens is 745 g/mol. The minimum atomic E-state index is -0.103. The third-order valence-corrected chi connectivity index (χ3v) is 14.0. The summed E-state index contributed by atoms with van der Waals surface area (Å²) in [5.41, 5.74) is 17.2. The molecule has 0 saturated heterocycles. The van der Waals surface area contributed by atoms with Crippen molar-refractivity contribution in [3.63, 3.8) is 0 Å². The molecule has 2 nitrogen and oxygen atoms in total. The molecule has 12 rings (SSSR count). The zero-order valence-electron chi connectivity index (χ0n) is 33.4. The summed E-state index contributed by atoms with van der Waals surface area (Å²) in [4.78, 5) is 2.47. The SMILES string of the molecule is CC1(C)c2ccccc2-c2ccc(N(c3ccc(-c4ccc5c(c4)c4ccccc4n5-c4ccc(-c5ccccc5)cc4)cc3)c3cccc4c3sc3ccccc34)cc21. The zero-order chi connectivity index (χ0) is 40.0. The van der Waals surface area contributed by atoms with E-state index in [-0.39, 0.29) is 5.41 Å². The van der Waals surface area contributed by atoms with E-state index >= 15 is 0 Å². The van der Waals surface area contributed by atoms with Gasteiger partial charge in [0.25, 0.3) is 0 Å². The second kappa shape index (κ2) is 13.4. The van der Waals surface area contributed by atoms with Crippen LogP contribution < -0.4 is 4.90 Å². The summed E-state index contributed by atoms with van der Waals surface area (Å²) in [6.07, 6.45) is 0. The van der Waals surface area contributed by atoms with Gasteiger partial charge in [-0.05, 0) is 111 Å². The van der Waals surface area contributed by atoms with Crippen LogP contribution in [0.4, 0.5) is 17.1 Å². The molecule has 0 saturated carbocycles. The molecule has 3 heteroatoms. The third kappa shape index (κ3) is 5.33. The van der Waals surface area contributed by atoms with Gasteiger partial charge in [0.1, 0.15) is 0 Å². The maximum Gasteiger partial charge on any atom is 0.0640 e. The Labute approximate surface area is 353 Å². The predicted molar refractivity (Wildman–Crippen MR) is 257 cm³/mol. The fourth-order valence-electron chi connectivity index (χ4n) is 9.83. The van der Waals surface area contributed by atoms with E-state index in [0.29, 0.717) is 0 Å². The van der Waals surface area contributed by atoms with Crippen molar-refractivity contribution in [1.29, 1.82) is 0 Å². The molecule has 9 aromatic carbocycles. The highest BCUT2D eigenvalue weighted by Crippen LogP contribution is 2.52. The van der Waals surface area contributed by atoms with Crippen LogP contribution in [0.15, 0.2) is 206 Å². The smallest absolute Gasteiger partial charge is 0.0640 e. The molecule has 0 N–H and O–H groups in total. The standard InChI is InChI=1S/C57H40N2S/c1-57(2)50-19-9-6-15-44(50)45-33-32-43(36-51(45)57)58(54-21-12-18-48-47-17-8-11-22-55(47)60-56(48)54)41-28-25-39(26-29-41)40-27-34-53-49(35-40)46-16-7-10-20-52(46)59(53)42-30-23-38(24-31-42)37-13-4-3-5-14-37/h3-36H,1-2H3. The van der Waals surface area contributed by atoms with Gasteiger partial charge in [-0.3, -0.25) is 0 Å². The first kappa shape index (κ1) is 34.8. The van der Waals surface area contributed by atoms with E-state index in [2.05, 4.69) is 230 Å². The Balaban J connectivity index is 0.970. The number of hydrogen-bond donors (Lipinski definition) is 0. The van der Waals surface area contributed by atoms with E-state index in [1.54, 1.807) is 0 Å². The van der Waals surface area contributed by atoms with Gasteiger partial charge in [-0.25, -0.2) is 0 Å². The van der Waals surface area contributed by atoms with E-state index in [1.807, 2.05) is 11.3 Å². The average molecular weight is 785 g/mol. The Morgan fingerprint density at radius 3 is 1.88 bits per heavy atom. The Morgan fingerprint density at radius 1 is 0.417 bits per heavy atom. The number of para-hydroxylation sites is 1. The topological polar surface area (TPSA) is 8.17 Å². The van der Waals surface area contributed by atoms with Gasteiger partial charge in [-0.1, -0.05) is 153 Å². The quantitative estimate of drug-likeness (QED) is 0.163. The fraction of sp³-hybridized carbons (Fsp3) is 0.0526. The summed E-state index contributed by atoms with van der Waals surface area (Å²) >= 11 is 1.88. The molecule has 0 aliphatic heterocycles. The summed E-state index contributed by atoms with van der Waals surface area (Å²) in [6, 6.07) is 76.0. The van der Waals surface area contributed by atoms with E-state index in [1.165, 1.54) is 97.9 Å². The van der Waals surface area contributed by atoms with Gasteiger partial charge in [-0.15, -0.1) is 11.3 Å². The number of thiophene rings is 1. The lowest BCUT2D eigenvalue weighted by atomic mass is 9.82. The number of fused-ring (bicyclic) bond motifs is 9. The van der Waals surface area contributed by atoms with Crippen LogP contribution in [0.5, 0.6) is 0 Å². The lowest BCUT2D eigenvalue weighted by molar-refractivity contribution is 0.660. The van der Waals surface area contributed by atoms with Crippen LogP contribution in [-0.2, 0) is 5.41 Å². The third-order valence-electron chi connectivity index (χ3n) is 12.8. The molecule has 0 radical (unpaired) electrons. The molecule has 284 valence electrons. The van der Waals surface area contributed by atoms with Crippen molar-refractivity contribution in [2.75, 3.05) is 4.90 Å². The molecule has 0 unspecified atom stereocenters. The van der Waals surface area contributed by atoms with Crippen molar-refractivity contribution in [2.24, 2.45) is 0 Å². The van der Waals surface area contributed by atoms with Crippen molar-refractivity contribution >= 4 is 70.4 Å². The summed E-state index contributed by atoms with van der Waals surface area (Å²) in [5, 5.41) is 5.10. The van der Waals surface area contributed by atoms with Crippen LogP contribution in [0.3, 0.4) is 0 Å². The normalized spacial score (nSPS) is 13.0. The van der Waals surface area contributed by atoms with Crippen molar-refractivity contribution in [2.45, 2.75) is 19.3 Å². The lowest BCUT2D eigenvalue weighted by Gasteiger charge is -2.28. The molecule has 2 heterocycles. The van der Waals surface area contributed by atoms with E-state index < -0.39 is 0 Å². The van der Waals surface area contributed by atoms with Crippen LogP contribution in [0, 0.1) is 0 Å². The summed E-state index contributed by atoms with van der Waals surface area (Å²) in [5.74, 6) is 0. The molecule has 1 aliphatic rings. The second-order valence-corrected chi connectivity index (χ2v) is 17.6. The second-order valence-electron chi connectivity index (χ2n) is 16.5. The van der Waals surface area contributed by atoms with E-state index in [9.17, 15) is 0 Å². The number of hydrogen-bond acceptors (Lipinski definition) is 2. The number of benzene rings is 9. The number of anilines is 3. The zero-order valence-corrected chi connectivity index (χ0v) is 34.2. The highest BCUT2D eigenvalue weighted by atomic mass is 32.1. The summed E-state index contributed by atoms with van der Waals surface area (Å²) in [7, 11) is 0. The van der Waals surface area contributed by atoms with E-state index in [4.69, 9.17) is 0 Å². The molecule has 0 atom stereocenters. The van der Waals surface area contributed by atoms with Crippen molar-refractivity contribution < 1.29 is 0 Å². The van der Waals surface area contributed by atoms with Crippen LogP contribution in [0.25, 0.3) is 81.0 Å². The van der Waals surface area contributed by atoms with Crippen LogP contribution in [0.2, 0.25) is 0 Å². The minimum Gasteiger partial charge on any atom is -0.309 e. The van der Waals surface area contributed by atoms with Gasteiger partial charge >= 0.3 is 0 Å². The van der Waals surface area contributed by atoms with Crippen molar-refractivity contribution in [1.82, 2.24) is 4.57 Å².